The van der Waals surface area contributed by atoms with Gasteiger partial charge in [0.1, 0.15) is 0 Å². The first kappa shape index (κ1) is 15.4. The second-order valence-corrected chi connectivity index (χ2v) is 4.98. The van der Waals surface area contributed by atoms with Crippen molar-refractivity contribution in [3.05, 3.63) is 0 Å². The van der Waals surface area contributed by atoms with E-state index in [0.717, 1.165) is 58.6 Å². The summed E-state index contributed by atoms with van der Waals surface area (Å²) in [7, 11) is 3.79. The van der Waals surface area contributed by atoms with Gasteiger partial charge in [-0.1, -0.05) is 0 Å². The number of hydrogen-bond donors (Lipinski definition) is 2. The maximum Gasteiger partial charge on any atom is 0.224 e. The Balaban J connectivity index is 2.03. The molecular weight excluding hydrogens is 230 g/mol. The summed E-state index contributed by atoms with van der Waals surface area (Å²) in [5.41, 5.74) is 0. The van der Waals surface area contributed by atoms with E-state index in [1.54, 1.807) is 7.11 Å². The minimum absolute atomic E-state index is 0.164. The van der Waals surface area contributed by atoms with Gasteiger partial charge in [0.05, 0.1) is 5.92 Å². The molecule has 5 nitrogen and oxygen atoms in total. The van der Waals surface area contributed by atoms with Crippen molar-refractivity contribution in [3.8, 4) is 0 Å². The van der Waals surface area contributed by atoms with Gasteiger partial charge >= 0.3 is 0 Å². The van der Waals surface area contributed by atoms with Crippen molar-refractivity contribution in [2.24, 2.45) is 5.92 Å². The van der Waals surface area contributed by atoms with E-state index in [0.29, 0.717) is 0 Å². The van der Waals surface area contributed by atoms with Crippen LogP contribution in [0.1, 0.15) is 19.3 Å². The highest BCUT2D eigenvalue weighted by Crippen LogP contribution is 2.09. The monoisotopic (exact) mass is 257 g/mol. The van der Waals surface area contributed by atoms with Gasteiger partial charge in [0.25, 0.3) is 0 Å². The minimum Gasteiger partial charge on any atom is -0.385 e. The molecule has 1 aliphatic rings. The number of carbonyl (C=O) groups excluding carboxylic acids is 1. The predicted molar refractivity (Wildman–Crippen MR) is 72.6 cm³/mol. The number of nitrogens with zero attached hydrogens (tertiary/aromatic N) is 1. The molecule has 1 unspecified atom stereocenters. The first-order valence-corrected chi connectivity index (χ1v) is 6.90. The first-order chi connectivity index (χ1) is 8.74. The molecule has 1 saturated heterocycles. The normalized spacial score (nSPS) is 20.1. The van der Waals surface area contributed by atoms with Crippen molar-refractivity contribution in [1.82, 2.24) is 15.5 Å². The van der Waals surface area contributed by atoms with Crippen LogP contribution in [0.2, 0.25) is 0 Å². The van der Waals surface area contributed by atoms with Gasteiger partial charge in [-0.2, -0.15) is 0 Å². The number of amides is 1. The Kier molecular flexibility index (Phi) is 7.96. The number of methoxy groups -OCH3 is 1. The number of carbonyl (C=O) groups is 1. The van der Waals surface area contributed by atoms with Gasteiger partial charge in [-0.3, -0.25) is 4.79 Å². The summed E-state index contributed by atoms with van der Waals surface area (Å²) in [6, 6.07) is 0. The van der Waals surface area contributed by atoms with Crippen molar-refractivity contribution in [3.63, 3.8) is 0 Å². The lowest BCUT2D eigenvalue weighted by atomic mass is 9.99. The van der Waals surface area contributed by atoms with Crippen molar-refractivity contribution >= 4 is 5.91 Å². The molecule has 0 saturated carbocycles. The minimum atomic E-state index is 0.164. The highest BCUT2D eigenvalue weighted by atomic mass is 16.5. The summed E-state index contributed by atoms with van der Waals surface area (Å²) in [6.07, 6.45) is 3.16. The van der Waals surface area contributed by atoms with E-state index in [1.165, 1.54) is 0 Å². The Hall–Kier alpha value is -0.650. The number of ether oxygens (including phenoxy) is 1. The van der Waals surface area contributed by atoms with Crippen LogP contribution in [0.3, 0.4) is 0 Å². The third kappa shape index (κ3) is 6.33. The van der Waals surface area contributed by atoms with Crippen LogP contribution in [-0.4, -0.2) is 64.3 Å². The second kappa shape index (κ2) is 9.30. The van der Waals surface area contributed by atoms with Crippen molar-refractivity contribution < 1.29 is 9.53 Å². The highest BCUT2D eigenvalue weighted by molar-refractivity contribution is 5.78. The van der Waals surface area contributed by atoms with Crippen LogP contribution in [0.5, 0.6) is 0 Å². The van der Waals surface area contributed by atoms with Crippen LogP contribution in [0.25, 0.3) is 0 Å². The zero-order valence-corrected chi connectivity index (χ0v) is 11.7. The Labute approximate surface area is 110 Å². The van der Waals surface area contributed by atoms with E-state index < -0.39 is 0 Å². The molecule has 0 bridgehead atoms. The lowest BCUT2D eigenvalue weighted by molar-refractivity contribution is -0.125. The molecule has 1 atom stereocenters. The molecule has 18 heavy (non-hydrogen) atoms. The molecule has 2 N–H and O–H groups in total. The molecule has 1 aliphatic heterocycles. The van der Waals surface area contributed by atoms with Gasteiger partial charge in [0, 0.05) is 39.9 Å². The first-order valence-electron chi connectivity index (χ1n) is 6.90. The second-order valence-electron chi connectivity index (χ2n) is 4.98. The fourth-order valence-electron chi connectivity index (χ4n) is 2.18. The van der Waals surface area contributed by atoms with Crippen LogP contribution in [0.15, 0.2) is 0 Å². The summed E-state index contributed by atoms with van der Waals surface area (Å²) < 4.78 is 5.01. The van der Waals surface area contributed by atoms with Gasteiger partial charge in [0.15, 0.2) is 0 Å². The lowest BCUT2D eigenvalue weighted by Gasteiger charge is -2.23. The smallest absolute Gasteiger partial charge is 0.224 e. The predicted octanol–water partition coefficient (Wildman–Crippen LogP) is 0.0705. The zero-order valence-electron chi connectivity index (χ0n) is 11.7. The number of rotatable bonds is 8. The van der Waals surface area contributed by atoms with Crippen molar-refractivity contribution in [2.75, 3.05) is 53.5 Å². The van der Waals surface area contributed by atoms with E-state index >= 15 is 0 Å². The van der Waals surface area contributed by atoms with Gasteiger partial charge in [0.2, 0.25) is 5.91 Å². The third-order valence-electron chi connectivity index (χ3n) is 3.35. The number of piperidine rings is 1. The molecule has 1 rings (SSSR count). The zero-order chi connectivity index (χ0) is 13.2. The summed E-state index contributed by atoms with van der Waals surface area (Å²) in [4.78, 5) is 14.1. The summed E-state index contributed by atoms with van der Waals surface area (Å²) >= 11 is 0. The fraction of sp³-hybridized carbons (Fsp3) is 0.923. The van der Waals surface area contributed by atoms with Gasteiger partial charge in [-0.15, -0.1) is 0 Å². The molecule has 0 aromatic carbocycles. The third-order valence-corrected chi connectivity index (χ3v) is 3.35. The molecular formula is C13H27N3O2. The average molecular weight is 257 g/mol. The van der Waals surface area contributed by atoms with Crippen LogP contribution in [0, 0.1) is 5.92 Å². The molecule has 0 radical (unpaired) electrons. The molecule has 1 heterocycles. The fourth-order valence-corrected chi connectivity index (χ4v) is 2.18. The highest BCUT2D eigenvalue weighted by Gasteiger charge is 2.20. The molecule has 1 amide bonds. The van der Waals surface area contributed by atoms with Crippen LogP contribution < -0.4 is 10.6 Å². The molecule has 1 fully saturated rings. The molecule has 0 aromatic rings. The number of nitrogens with one attached hydrogen (secondary N) is 2. The van der Waals surface area contributed by atoms with E-state index in [2.05, 4.69) is 22.6 Å². The van der Waals surface area contributed by atoms with Gasteiger partial charge in [-0.25, -0.2) is 0 Å². The Morgan fingerprint density at radius 3 is 3.00 bits per heavy atom. The maximum absolute atomic E-state index is 11.9. The largest absolute Gasteiger partial charge is 0.385 e. The van der Waals surface area contributed by atoms with E-state index in [9.17, 15) is 4.79 Å². The van der Waals surface area contributed by atoms with Crippen molar-refractivity contribution in [1.29, 1.82) is 0 Å². The maximum atomic E-state index is 11.9. The van der Waals surface area contributed by atoms with E-state index in [4.69, 9.17) is 4.74 Å². The van der Waals surface area contributed by atoms with Gasteiger partial charge < -0.3 is 20.3 Å². The Morgan fingerprint density at radius 2 is 2.33 bits per heavy atom. The molecule has 0 aliphatic carbocycles. The molecule has 0 spiro atoms. The van der Waals surface area contributed by atoms with Crippen LogP contribution in [-0.2, 0) is 9.53 Å². The van der Waals surface area contributed by atoms with Crippen LogP contribution in [0.4, 0.5) is 0 Å². The number of hydrogen-bond acceptors (Lipinski definition) is 4. The summed E-state index contributed by atoms with van der Waals surface area (Å²) in [5.74, 6) is 0.366. The standard InChI is InChI=1S/C13H27N3O2/c1-16(8-4-10-18-2)9-7-15-13(17)12-5-3-6-14-11-12/h12,14H,3-11H2,1-2H3,(H,15,17). The van der Waals surface area contributed by atoms with E-state index in [-0.39, 0.29) is 11.8 Å². The van der Waals surface area contributed by atoms with Crippen LogP contribution >= 0.6 is 0 Å². The molecule has 0 aromatic heterocycles. The Bertz CT molecular complexity index is 230. The topological polar surface area (TPSA) is 53.6 Å². The SMILES string of the molecule is COCCCN(C)CCNC(=O)C1CCCNC1. The van der Waals surface area contributed by atoms with Crippen molar-refractivity contribution in [2.45, 2.75) is 19.3 Å². The van der Waals surface area contributed by atoms with Gasteiger partial charge in [-0.05, 0) is 32.9 Å². The van der Waals surface area contributed by atoms with E-state index in [1.807, 2.05) is 0 Å². The lowest BCUT2D eigenvalue weighted by Crippen LogP contribution is -2.42. The average Bonchev–Trinajstić information content (AvgIpc) is 2.40. The summed E-state index contributed by atoms with van der Waals surface area (Å²) in [6.45, 7) is 5.31. The summed E-state index contributed by atoms with van der Waals surface area (Å²) in [5, 5.41) is 6.29. The molecule has 106 valence electrons. The Morgan fingerprint density at radius 1 is 1.50 bits per heavy atom. The molecule has 5 heteroatoms. The quantitative estimate of drug-likeness (QED) is 0.604. The number of likely N-dealkylation sites (N-methyl/N-ethyl adjacent to an activating group) is 1.